The van der Waals surface area contributed by atoms with E-state index in [1.54, 1.807) is 6.07 Å². The maximum absolute atomic E-state index is 12.6. The molecule has 1 aliphatic heterocycles. The van der Waals surface area contributed by atoms with Crippen molar-refractivity contribution in [3.63, 3.8) is 0 Å². The van der Waals surface area contributed by atoms with Crippen LogP contribution in [0.25, 0.3) is 0 Å². The van der Waals surface area contributed by atoms with E-state index in [0.29, 0.717) is 5.69 Å². The summed E-state index contributed by atoms with van der Waals surface area (Å²) in [5.41, 5.74) is 2.39. The van der Waals surface area contributed by atoms with Gasteiger partial charge in [-0.25, -0.2) is 0 Å². The van der Waals surface area contributed by atoms with Gasteiger partial charge in [0.2, 0.25) is 5.91 Å². The van der Waals surface area contributed by atoms with Crippen molar-refractivity contribution in [1.29, 1.82) is 0 Å². The summed E-state index contributed by atoms with van der Waals surface area (Å²) in [6.45, 7) is 4.23. The van der Waals surface area contributed by atoms with Gasteiger partial charge in [0.1, 0.15) is 0 Å². The van der Waals surface area contributed by atoms with Crippen molar-refractivity contribution in [1.82, 2.24) is 4.90 Å². The van der Waals surface area contributed by atoms with Crippen molar-refractivity contribution in [2.24, 2.45) is 5.92 Å². The predicted molar refractivity (Wildman–Crippen MR) is 106 cm³/mol. The van der Waals surface area contributed by atoms with Crippen molar-refractivity contribution >= 4 is 28.9 Å². The lowest BCUT2D eigenvalue weighted by molar-refractivity contribution is -0.384. The number of nitro benzene ring substituents is 1. The van der Waals surface area contributed by atoms with Crippen LogP contribution in [0.3, 0.4) is 0 Å². The maximum atomic E-state index is 12.6. The van der Waals surface area contributed by atoms with E-state index in [9.17, 15) is 14.9 Å². The van der Waals surface area contributed by atoms with Gasteiger partial charge in [-0.05, 0) is 50.0 Å². The van der Waals surface area contributed by atoms with Gasteiger partial charge in [0, 0.05) is 29.6 Å². The number of carbonyl (C=O) groups excluding carboxylic acids is 1. The first-order chi connectivity index (χ1) is 12.9. The molecule has 7 heteroatoms. The Kier molecular flexibility index (Phi) is 6.08. The molecule has 27 heavy (non-hydrogen) atoms. The number of hydrogen-bond acceptors (Lipinski definition) is 4. The highest BCUT2D eigenvalue weighted by Gasteiger charge is 2.26. The predicted octanol–water partition coefficient (Wildman–Crippen LogP) is 4.41. The highest BCUT2D eigenvalue weighted by Crippen LogP contribution is 2.26. The number of nitrogens with one attached hydrogen (secondary N) is 1. The van der Waals surface area contributed by atoms with E-state index in [4.69, 9.17) is 11.6 Å². The molecule has 6 nitrogen and oxygen atoms in total. The Morgan fingerprint density at radius 1 is 1.26 bits per heavy atom. The van der Waals surface area contributed by atoms with Gasteiger partial charge in [-0.2, -0.15) is 0 Å². The zero-order chi connectivity index (χ0) is 19.4. The standard InChI is InChI=1S/C20H22ClN3O3/c1-14-6-7-17(24(26)27)12-19(14)22-20(25)15-8-10-23(11-9-15)13-16-4-2-3-5-18(16)21/h2-7,12,15H,8-11,13H2,1H3,(H,22,25). The molecule has 2 aromatic carbocycles. The second-order valence-corrected chi connectivity index (χ2v) is 7.29. The molecule has 1 fully saturated rings. The molecule has 0 bridgehead atoms. The Morgan fingerprint density at radius 3 is 2.63 bits per heavy atom. The van der Waals surface area contributed by atoms with E-state index in [1.165, 1.54) is 12.1 Å². The summed E-state index contributed by atoms with van der Waals surface area (Å²) in [6, 6.07) is 12.3. The summed E-state index contributed by atoms with van der Waals surface area (Å²) in [5.74, 6) is -0.165. The quantitative estimate of drug-likeness (QED) is 0.609. The van der Waals surface area contributed by atoms with Crippen LogP contribution in [0.2, 0.25) is 5.02 Å². The fourth-order valence-electron chi connectivity index (χ4n) is 3.31. The van der Waals surface area contributed by atoms with Gasteiger partial charge in [-0.1, -0.05) is 35.9 Å². The topological polar surface area (TPSA) is 75.5 Å². The van der Waals surface area contributed by atoms with Crippen molar-refractivity contribution in [3.05, 3.63) is 68.7 Å². The Morgan fingerprint density at radius 2 is 1.96 bits per heavy atom. The van der Waals surface area contributed by atoms with Crippen LogP contribution in [0.4, 0.5) is 11.4 Å². The molecule has 2 aromatic rings. The molecule has 1 heterocycles. The Bertz CT molecular complexity index is 848. The van der Waals surface area contributed by atoms with E-state index in [2.05, 4.69) is 10.2 Å². The lowest BCUT2D eigenvalue weighted by Gasteiger charge is -2.31. The lowest BCUT2D eigenvalue weighted by Crippen LogP contribution is -2.37. The summed E-state index contributed by atoms with van der Waals surface area (Å²) in [7, 11) is 0. The number of non-ortho nitro benzene ring substituents is 1. The zero-order valence-electron chi connectivity index (χ0n) is 15.2. The number of likely N-dealkylation sites (tertiary alicyclic amines) is 1. The molecule has 0 aliphatic carbocycles. The van der Waals surface area contributed by atoms with Gasteiger partial charge in [0.15, 0.2) is 0 Å². The first-order valence-electron chi connectivity index (χ1n) is 8.95. The number of benzene rings is 2. The summed E-state index contributed by atoms with van der Waals surface area (Å²) in [4.78, 5) is 25.4. The van der Waals surface area contributed by atoms with Crippen molar-refractivity contribution in [2.75, 3.05) is 18.4 Å². The Labute approximate surface area is 163 Å². The fourth-order valence-corrected chi connectivity index (χ4v) is 3.51. The highest BCUT2D eigenvalue weighted by atomic mass is 35.5. The lowest BCUT2D eigenvalue weighted by atomic mass is 9.95. The van der Waals surface area contributed by atoms with E-state index in [1.807, 2.05) is 31.2 Å². The van der Waals surface area contributed by atoms with Gasteiger partial charge >= 0.3 is 0 Å². The molecule has 1 amide bonds. The van der Waals surface area contributed by atoms with Crippen LogP contribution in [0.1, 0.15) is 24.0 Å². The normalized spacial score (nSPS) is 15.5. The maximum Gasteiger partial charge on any atom is 0.271 e. The molecule has 1 saturated heterocycles. The van der Waals surface area contributed by atoms with Crippen LogP contribution >= 0.6 is 11.6 Å². The van der Waals surface area contributed by atoms with Gasteiger partial charge in [0.25, 0.3) is 5.69 Å². The number of amides is 1. The first-order valence-corrected chi connectivity index (χ1v) is 9.33. The molecular formula is C20H22ClN3O3. The van der Waals surface area contributed by atoms with Crippen LogP contribution in [-0.2, 0) is 11.3 Å². The molecule has 0 radical (unpaired) electrons. The molecule has 1 aliphatic rings. The summed E-state index contributed by atoms with van der Waals surface area (Å²) in [6.07, 6.45) is 1.51. The summed E-state index contributed by atoms with van der Waals surface area (Å²) >= 11 is 6.22. The second kappa shape index (κ2) is 8.50. The number of carbonyl (C=O) groups is 1. The van der Waals surface area contributed by atoms with E-state index < -0.39 is 4.92 Å². The minimum absolute atomic E-state index is 0.0227. The number of nitro groups is 1. The third kappa shape index (κ3) is 4.84. The zero-order valence-corrected chi connectivity index (χ0v) is 15.9. The van der Waals surface area contributed by atoms with Crippen molar-refractivity contribution < 1.29 is 9.72 Å². The van der Waals surface area contributed by atoms with Gasteiger partial charge in [0.05, 0.1) is 10.6 Å². The van der Waals surface area contributed by atoms with Gasteiger partial charge in [-0.3, -0.25) is 19.8 Å². The SMILES string of the molecule is Cc1ccc([N+](=O)[O-])cc1NC(=O)C1CCN(Cc2ccccc2Cl)CC1. The highest BCUT2D eigenvalue weighted by molar-refractivity contribution is 6.31. The van der Waals surface area contributed by atoms with E-state index >= 15 is 0 Å². The minimum atomic E-state index is -0.456. The first kappa shape index (κ1) is 19.3. The number of halogens is 1. The Balaban J connectivity index is 1.57. The molecule has 3 rings (SSSR count). The monoisotopic (exact) mass is 387 g/mol. The van der Waals surface area contributed by atoms with Crippen LogP contribution in [0, 0.1) is 23.0 Å². The Hall–Kier alpha value is -2.44. The summed E-state index contributed by atoms with van der Waals surface area (Å²) in [5, 5.41) is 14.6. The molecule has 0 saturated carbocycles. The molecular weight excluding hydrogens is 366 g/mol. The van der Waals surface area contributed by atoms with Gasteiger partial charge < -0.3 is 5.32 Å². The third-order valence-electron chi connectivity index (χ3n) is 5.00. The van der Waals surface area contributed by atoms with Crippen molar-refractivity contribution in [2.45, 2.75) is 26.3 Å². The smallest absolute Gasteiger partial charge is 0.271 e. The third-order valence-corrected chi connectivity index (χ3v) is 5.37. The average Bonchev–Trinajstić information content (AvgIpc) is 2.65. The average molecular weight is 388 g/mol. The van der Waals surface area contributed by atoms with Crippen LogP contribution < -0.4 is 5.32 Å². The fraction of sp³-hybridized carbons (Fsp3) is 0.350. The minimum Gasteiger partial charge on any atom is -0.325 e. The molecule has 0 atom stereocenters. The molecule has 1 N–H and O–H groups in total. The van der Waals surface area contributed by atoms with E-state index in [0.717, 1.165) is 48.6 Å². The molecule has 0 unspecified atom stereocenters. The number of aryl methyl sites for hydroxylation is 1. The summed E-state index contributed by atoms with van der Waals surface area (Å²) < 4.78 is 0. The van der Waals surface area contributed by atoms with Crippen LogP contribution in [-0.4, -0.2) is 28.8 Å². The van der Waals surface area contributed by atoms with Gasteiger partial charge in [-0.15, -0.1) is 0 Å². The number of nitrogens with zero attached hydrogens (tertiary/aromatic N) is 2. The largest absolute Gasteiger partial charge is 0.325 e. The number of piperidine rings is 1. The molecule has 0 aromatic heterocycles. The number of hydrogen-bond donors (Lipinski definition) is 1. The van der Waals surface area contributed by atoms with E-state index in [-0.39, 0.29) is 17.5 Å². The molecule has 0 spiro atoms. The second-order valence-electron chi connectivity index (χ2n) is 6.89. The molecule has 142 valence electrons. The number of rotatable bonds is 5. The van der Waals surface area contributed by atoms with Crippen molar-refractivity contribution in [3.8, 4) is 0 Å². The number of anilines is 1. The van der Waals surface area contributed by atoms with Crippen LogP contribution in [0.15, 0.2) is 42.5 Å². The van der Waals surface area contributed by atoms with Crippen LogP contribution in [0.5, 0.6) is 0 Å².